The summed E-state index contributed by atoms with van der Waals surface area (Å²) in [4.78, 5) is 8.55. The fourth-order valence-corrected chi connectivity index (χ4v) is 3.02. The van der Waals surface area contributed by atoms with Gasteiger partial charge in [0, 0.05) is 24.2 Å². The predicted octanol–water partition coefficient (Wildman–Crippen LogP) is 2.39. The van der Waals surface area contributed by atoms with Gasteiger partial charge < -0.3 is 5.73 Å². The molecule has 1 saturated carbocycles. The zero-order valence-corrected chi connectivity index (χ0v) is 10.5. The first-order valence-electron chi connectivity index (χ1n) is 5.93. The van der Waals surface area contributed by atoms with Crippen LogP contribution in [0.25, 0.3) is 0 Å². The van der Waals surface area contributed by atoms with Gasteiger partial charge in [0.1, 0.15) is 0 Å². The Kier molecular flexibility index (Phi) is 4.18. The highest BCUT2D eigenvalue weighted by molar-refractivity contribution is 7.99. The van der Waals surface area contributed by atoms with E-state index in [2.05, 4.69) is 9.97 Å². The van der Waals surface area contributed by atoms with Crippen molar-refractivity contribution < 1.29 is 0 Å². The minimum absolute atomic E-state index is 0.303. The Morgan fingerprint density at radius 1 is 1.38 bits per heavy atom. The number of nitrogens with two attached hydrogens (primary N) is 1. The van der Waals surface area contributed by atoms with E-state index in [4.69, 9.17) is 5.73 Å². The average Bonchev–Trinajstić information content (AvgIpc) is 2.81. The van der Waals surface area contributed by atoms with Gasteiger partial charge in [-0.15, -0.1) is 0 Å². The van der Waals surface area contributed by atoms with Crippen molar-refractivity contribution in [1.29, 1.82) is 0 Å². The van der Waals surface area contributed by atoms with Crippen LogP contribution in [0.1, 0.15) is 31.2 Å². The molecule has 1 aliphatic rings. The fourth-order valence-electron chi connectivity index (χ4n) is 2.15. The van der Waals surface area contributed by atoms with Crippen LogP contribution in [0.15, 0.2) is 17.6 Å². The molecule has 16 heavy (non-hydrogen) atoms. The molecule has 0 spiro atoms. The van der Waals surface area contributed by atoms with Crippen LogP contribution in [0.4, 0.5) is 0 Å². The molecule has 1 unspecified atom stereocenters. The van der Waals surface area contributed by atoms with Crippen LogP contribution in [0.3, 0.4) is 0 Å². The Balaban J connectivity index is 1.80. The summed E-state index contributed by atoms with van der Waals surface area (Å²) in [6, 6.07) is 0.303. The summed E-state index contributed by atoms with van der Waals surface area (Å²) in [6.07, 6.45) is 9.02. The monoisotopic (exact) mass is 237 g/mol. The number of hydrogen-bond acceptors (Lipinski definition) is 4. The zero-order chi connectivity index (χ0) is 11.4. The predicted molar refractivity (Wildman–Crippen MR) is 67.4 cm³/mol. The zero-order valence-electron chi connectivity index (χ0n) is 9.72. The third-order valence-electron chi connectivity index (χ3n) is 3.17. The van der Waals surface area contributed by atoms with Crippen molar-refractivity contribution >= 4 is 11.8 Å². The molecule has 0 aliphatic heterocycles. The van der Waals surface area contributed by atoms with Crippen LogP contribution >= 0.6 is 11.8 Å². The van der Waals surface area contributed by atoms with E-state index >= 15 is 0 Å². The van der Waals surface area contributed by atoms with Crippen molar-refractivity contribution in [3.63, 3.8) is 0 Å². The summed E-state index contributed by atoms with van der Waals surface area (Å²) in [7, 11) is 0. The molecule has 0 bridgehead atoms. The van der Waals surface area contributed by atoms with Gasteiger partial charge in [-0.3, -0.25) is 0 Å². The van der Waals surface area contributed by atoms with E-state index in [1.165, 1.54) is 25.7 Å². The number of thioether (sulfide) groups is 1. The molecule has 1 atom stereocenters. The number of hydrogen-bond donors (Lipinski definition) is 1. The van der Waals surface area contributed by atoms with Crippen LogP contribution < -0.4 is 5.73 Å². The van der Waals surface area contributed by atoms with Crippen LogP contribution in [0.5, 0.6) is 0 Å². The number of aromatic nitrogens is 2. The van der Waals surface area contributed by atoms with E-state index in [1.807, 2.05) is 19.3 Å². The first-order valence-corrected chi connectivity index (χ1v) is 6.91. The van der Waals surface area contributed by atoms with Crippen molar-refractivity contribution in [1.82, 2.24) is 9.97 Å². The highest BCUT2D eigenvalue weighted by Crippen LogP contribution is 2.28. The molecule has 3 nitrogen and oxygen atoms in total. The van der Waals surface area contributed by atoms with Crippen molar-refractivity contribution in [2.24, 2.45) is 11.7 Å². The van der Waals surface area contributed by atoms with Gasteiger partial charge in [-0.05, 0) is 31.2 Å². The largest absolute Gasteiger partial charge is 0.327 e. The van der Waals surface area contributed by atoms with Crippen LogP contribution in [-0.2, 0) is 0 Å². The van der Waals surface area contributed by atoms with E-state index in [9.17, 15) is 0 Å². The quantitative estimate of drug-likeness (QED) is 0.645. The van der Waals surface area contributed by atoms with Gasteiger partial charge in [-0.1, -0.05) is 24.6 Å². The average molecular weight is 237 g/mol. The SMILES string of the molecule is Cc1cnc(SCC(N)C2CCCC2)nc1. The second-order valence-electron chi connectivity index (χ2n) is 4.56. The minimum Gasteiger partial charge on any atom is -0.327 e. The van der Waals surface area contributed by atoms with Gasteiger partial charge in [0.15, 0.2) is 5.16 Å². The normalized spacial score (nSPS) is 18.9. The van der Waals surface area contributed by atoms with E-state index in [0.29, 0.717) is 6.04 Å². The van der Waals surface area contributed by atoms with Gasteiger partial charge in [-0.2, -0.15) is 0 Å². The molecule has 2 rings (SSSR count). The topological polar surface area (TPSA) is 51.8 Å². The molecular formula is C12H19N3S. The third-order valence-corrected chi connectivity index (χ3v) is 4.19. The first-order chi connectivity index (χ1) is 7.75. The van der Waals surface area contributed by atoms with Crippen molar-refractivity contribution in [2.75, 3.05) is 5.75 Å². The Bertz CT molecular complexity index is 320. The first kappa shape index (κ1) is 11.9. The number of nitrogens with zero attached hydrogens (tertiary/aromatic N) is 2. The Morgan fingerprint density at radius 2 is 2.00 bits per heavy atom. The molecule has 2 N–H and O–H groups in total. The van der Waals surface area contributed by atoms with Crippen LogP contribution in [-0.4, -0.2) is 21.8 Å². The molecule has 0 amide bonds. The third kappa shape index (κ3) is 3.19. The lowest BCUT2D eigenvalue weighted by Crippen LogP contribution is -2.30. The number of aryl methyl sites for hydroxylation is 1. The van der Waals surface area contributed by atoms with E-state index < -0.39 is 0 Å². The lowest BCUT2D eigenvalue weighted by atomic mass is 10.0. The summed E-state index contributed by atoms with van der Waals surface area (Å²) in [5.74, 6) is 1.66. The minimum atomic E-state index is 0.303. The maximum Gasteiger partial charge on any atom is 0.187 e. The second-order valence-corrected chi connectivity index (χ2v) is 5.55. The maximum atomic E-state index is 6.18. The van der Waals surface area contributed by atoms with E-state index in [-0.39, 0.29) is 0 Å². The maximum absolute atomic E-state index is 6.18. The molecule has 1 aliphatic carbocycles. The molecule has 1 heterocycles. The standard InChI is InChI=1S/C12H19N3S/c1-9-6-14-12(15-7-9)16-8-11(13)10-4-2-3-5-10/h6-7,10-11H,2-5,8,13H2,1H3. The highest BCUT2D eigenvalue weighted by Gasteiger charge is 2.22. The van der Waals surface area contributed by atoms with Gasteiger partial charge in [0.25, 0.3) is 0 Å². The molecule has 1 aromatic heterocycles. The summed E-state index contributed by atoms with van der Waals surface area (Å²) in [5.41, 5.74) is 7.28. The van der Waals surface area contributed by atoms with E-state index in [1.54, 1.807) is 11.8 Å². The lowest BCUT2D eigenvalue weighted by molar-refractivity contribution is 0.463. The summed E-state index contributed by atoms with van der Waals surface area (Å²) < 4.78 is 0. The molecule has 88 valence electrons. The summed E-state index contributed by atoms with van der Waals surface area (Å²) >= 11 is 1.68. The fraction of sp³-hybridized carbons (Fsp3) is 0.667. The Morgan fingerprint density at radius 3 is 2.62 bits per heavy atom. The van der Waals surface area contributed by atoms with Gasteiger partial charge >= 0.3 is 0 Å². The smallest absolute Gasteiger partial charge is 0.187 e. The molecule has 4 heteroatoms. The summed E-state index contributed by atoms with van der Waals surface area (Å²) in [5, 5.41) is 0.846. The Labute approximate surface area is 101 Å². The molecule has 0 radical (unpaired) electrons. The highest BCUT2D eigenvalue weighted by atomic mass is 32.2. The molecule has 0 aromatic carbocycles. The van der Waals surface area contributed by atoms with Gasteiger partial charge in [-0.25, -0.2) is 9.97 Å². The van der Waals surface area contributed by atoms with Crippen molar-refractivity contribution in [3.05, 3.63) is 18.0 Å². The second kappa shape index (κ2) is 5.64. The molecule has 1 fully saturated rings. The lowest BCUT2D eigenvalue weighted by Gasteiger charge is -2.17. The van der Waals surface area contributed by atoms with Crippen molar-refractivity contribution in [2.45, 2.75) is 43.8 Å². The molecule has 1 aromatic rings. The molecular weight excluding hydrogens is 218 g/mol. The van der Waals surface area contributed by atoms with Gasteiger partial charge in [0.05, 0.1) is 0 Å². The Hall–Kier alpha value is -0.610. The van der Waals surface area contributed by atoms with Crippen LogP contribution in [0.2, 0.25) is 0 Å². The van der Waals surface area contributed by atoms with Crippen molar-refractivity contribution in [3.8, 4) is 0 Å². The van der Waals surface area contributed by atoms with Gasteiger partial charge in [0.2, 0.25) is 0 Å². The number of rotatable bonds is 4. The van der Waals surface area contributed by atoms with E-state index in [0.717, 1.165) is 22.4 Å². The van der Waals surface area contributed by atoms with Crippen LogP contribution in [0, 0.1) is 12.8 Å². The summed E-state index contributed by atoms with van der Waals surface area (Å²) in [6.45, 7) is 2.00. The molecule has 0 saturated heterocycles.